The van der Waals surface area contributed by atoms with E-state index >= 15 is 0 Å². The summed E-state index contributed by atoms with van der Waals surface area (Å²) in [5.74, 6) is 1.78. The van der Waals surface area contributed by atoms with Gasteiger partial charge in [0.05, 0.1) is 23.0 Å². The molecule has 3 nitrogen and oxygen atoms in total. The van der Waals surface area contributed by atoms with Crippen LogP contribution >= 0.6 is 11.6 Å². The molecule has 4 aliphatic carbocycles. The van der Waals surface area contributed by atoms with Gasteiger partial charge in [0.15, 0.2) is 0 Å². The third-order valence-corrected chi connectivity index (χ3v) is 6.58. The topological polar surface area (TPSA) is 43.8 Å². The maximum Gasteiger partial charge on any atom is 0.0834 e. The van der Waals surface area contributed by atoms with Crippen LogP contribution in [0.2, 0.25) is 5.02 Å². The first kappa shape index (κ1) is 13.1. The van der Waals surface area contributed by atoms with Gasteiger partial charge in [0.25, 0.3) is 0 Å². The summed E-state index contributed by atoms with van der Waals surface area (Å²) >= 11 is 6.35. The molecule has 20 heavy (non-hydrogen) atoms. The van der Waals surface area contributed by atoms with Crippen molar-refractivity contribution in [2.75, 3.05) is 0 Å². The zero-order chi connectivity index (χ0) is 14.1. The summed E-state index contributed by atoms with van der Waals surface area (Å²) in [5, 5.41) is 5.02. The first-order valence-electron chi connectivity index (χ1n) is 7.84. The van der Waals surface area contributed by atoms with E-state index in [-0.39, 0.29) is 11.5 Å². The van der Waals surface area contributed by atoms with Gasteiger partial charge in [-0.2, -0.15) is 5.10 Å². The summed E-state index contributed by atoms with van der Waals surface area (Å²) in [6.07, 6.45) is 9.86. The Morgan fingerprint density at radius 2 is 2.00 bits per heavy atom. The van der Waals surface area contributed by atoms with Crippen molar-refractivity contribution in [3.8, 4) is 0 Å². The molecule has 0 aliphatic heterocycles. The molecule has 1 heterocycles. The van der Waals surface area contributed by atoms with Gasteiger partial charge in [0.2, 0.25) is 0 Å². The Morgan fingerprint density at radius 3 is 2.50 bits per heavy atom. The number of aryl methyl sites for hydroxylation is 1. The Bertz CT molecular complexity index is 516. The highest BCUT2D eigenvalue weighted by molar-refractivity contribution is 6.31. The second-order valence-electron chi connectivity index (χ2n) is 8.11. The lowest BCUT2D eigenvalue weighted by atomic mass is 9.43. The molecular formula is C16H24ClN3. The van der Waals surface area contributed by atoms with Crippen molar-refractivity contribution in [1.82, 2.24) is 9.78 Å². The number of hydrogen-bond acceptors (Lipinski definition) is 2. The SMILES string of the molecule is Cn1ncc(Cl)c1C(N)C12CC3CC(CC(C)(C3)C1)C2. The molecule has 0 aromatic carbocycles. The summed E-state index contributed by atoms with van der Waals surface area (Å²) in [5.41, 5.74) is 8.57. The number of aromatic nitrogens is 2. The van der Waals surface area contributed by atoms with Crippen LogP contribution in [0.15, 0.2) is 6.20 Å². The predicted octanol–water partition coefficient (Wildman–Crippen LogP) is 3.68. The van der Waals surface area contributed by atoms with Gasteiger partial charge in [-0.05, 0) is 61.2 Å². The van der Waals surface area contributed by atoms with Crippen LogP contribution in [0.3, 0.4) is 0 Å². The van der Waals surface area contributed by atoms with Gasteiger partial charge >= 0.3 is 0 Å². The van der Waals surface area contributed by atoms with Crippen LogP contribution in [0.1, 0.15) is 57.2 Å². The number of halogens is 1. The van der Waals surface area contributed by atoms with Crippen molar-refractivity contribution in [3.63, 3.8) is 0 Å². The van der Waals surface area contributed by atoms with Gasteiger partial charge in [-0.1, -0.05) is 18.5 Å². The summed E-state index contributed by atoms with van der Waals surface area (Å²) in [6.45, 7) is 2.48. The highest BCUT2D eigenvalue weighted by atomic mass is 35.5. The number of nitrogens with zero attached hydrogens (tertiary/aromatic N) is 2. The van der Waals surface area contributed by atoms with Crippen LogP contribution in [0.4, 0.5) is 0 Å². The fourth-order valence-corrected chi connectivity index (χ4v) is 6.51. The lowest BCUT2D eigenvalue weighted by molar-refractivity contribution is -0.114. The van der Waals surface area contributed by atoms with Gasteiger partial charge in [-0.25, -0.2) is 0 Å². The van der Waals surface area contributed by atoms with Crippen LogP contribution < -0.4 is 5.73 Å². The zero-order valence-electron chi connectivity index (χ0n) is 12.4. The van der Waals surface area contributed by atoms with E-state index in [9.17, 15) is 0 Å². The van der Waals surface area contributed by atoms with Crippen molar-refractivity contribution in [2.24, 2.45) is 35.4 Å². The monoisotopic (exact) mass is 293 g/mol. The fraction of sp³-hybridized carbons (Fsp3) is 0.812. The number of hydrogen-bond donors (Lipinski definition) is 1. The molecule has 110 valence electrons. The van der Waals surface area contributed by atoms with Crippen molar-refractivity contribution >= 4 is 11.6 Å². The van der Waals surface area contributed by atoms with Crippen molar-refractivity contribution in [2.45, 2.75) is 51.5 Å². The van der Waals surface area contributed by atoms with Crippen LogP contribution in [0.5, 0.6) is 0 Å². The number of rotatable bonds is 2. The molecule has 0 radical (unpaired) electrons. The Hall–Kier alpha value is -0.540. The highest BCUT2D eigenvalue weighted by Gasteiger charge is 2.58. The molecule has 1 aromatic heterocycles. The average Bonchev–Trinajstić information content (AvgIpc) is 2.65. The molecule has 0 saturated heterocycles. The third-order valence-electron chi connectivity index (χ3n) is 6.29. The van der Waals surface area contributed by atoms with Crippen LogP contribution in [-0.4, -0.2) is 9.78 Å². The van der Waals surface area contributed by atoms with Crippen molar-refractivity contribution < 1.29 is 0 Å². The Kier molecular flexibility index (Phi) is 2.64. The molecule has 4 saturated carbocycles. The average molecular weight is 294 g/mol. The second-order valence-corrected chi connectivity index (χ2v) is 8.52. The van der Waals surface area contributed by atoms with E-state index in [0.717, 1.165) is 22.6 Å². The Morgan fingerprint density at radius 1 is 1.35 bits per heavy atom. The van der Waals surface area contributed by atoms with E-state index in [1.165, 1.54) is 38.5 Å². The molecule has 4 aliphatic rings. The molecule has 4 bridgehead atoms. The number of nitrogens with two attached hydrogens (primary N) is 1. The summed E-state index contributed by atoms with van der Waals surface area (Å²) in [6, 6.07) is 0.0349. The quantitative estimate of drug-likeness (QED) is 0.904. The summed E-state index contributed by atoms with van der Waals surface area (Å²) in [7, 11) is 1.96. The maximum atomic E-state index is 6.75. The third kappa shape index (κ3) is 1.72. The maximum absolute atomic E-state index is 6.75. The largest absolute Gasteiger partial charge is 0.322 e. The molecule has 2 N–H and O–H groups in total. The Balaban J connectivity index is 1.74. The van der Waals surface area contributed by atoms with Gasteiger partial charge in [0.1, 0.15) is 0 Å². The first-order chi connectivity index (χ1) is 9.41. The smallest absolute Gasteiger partial charge is 0.0834 e. The minimum Gasteiger partial charge on any atom is -0.322 e. The van der Waals surface area contributed by atoms with Gasteiger partial charge in [-0.3, -0.25) is 4.68 Å². The van der Waals surface area contributed by atoms with Gasteiger partial charge in [-0.15, -0.1) is 0 Å². The van der Waals surface area contributed by atoms with Crippen LogP contribution in [0, 0.1) is 22.7 Å². The Labute approximate surface area is 125 Å². The lowest BCUT2D eigenvalue weighted by Gasteiger charge is -2.63. The summed E-state index contributed by atoms with van der Waals surface area (Å²) < 4.78 is 1.88. The normalized spacial score (nSPS) is 44.0. The van der Waals surface area contributed by atoms with E-state index in [1.54, 1.807) is 6.20 Å². The van der Waals surface area contributed by atoms with E-state index < -0.39 is 0 Å². The van der Waals surface area contributed by atoms with Crippen molar-refractivity contribution in [1.29, 1.82) is 0 Å². The molecule has 3 unspecified atom stereocenters. The zero-order valence-corrected chi connectivity index (χ0v) is 13.2. The second kappa shape index (κ2) is 4.01. The van der Waals surface area contributed by atoms with Crippen LogP contribution in [-0.2, 0) is 7.05 Å². The summed E-state index contributed by atoms with van der Waals surface area (Å²) in [4.78, 5) is 0. The van der Waals surface area contributed by atoms with E-state index in [0.29, 0.717) is 5.41 Å². The van der Waals surface area contributed by atoms with E-state index in [2.05, 4.69) is 12.0 Å². The fourth-order valence-electron chi connectivity index (χ4n) is 6.22. The molecule has 0 amide bonds. The molecular weight excluding hydrogens is 270 g/mol. The minimum atomic E-state index is 0.0349. The molecule has 4 fully saturated rings. The van der Waals surface area contributed by atoms with Gasteiger partial charge < -0.3 is 5.73 Å². The van der Waals surface area contributed by atoms with Crippen LogP contribution in [0.25, 0.3) is 0 Å². The first-order valence-corrected chi connectivity index (χ1v) is 8.22. The lowest BCUT2D eigenvalue weighted by Crippen LogP contribution is -2.54. The molecule has 3 atom stereocenters. The standard InChI is InChI=1S/C16H24ClN3/c1-15-4-10-3-11(5-15)7-16(6-10,9-15)14(18)13-12(17)8-19-20(13)2/h8,10-11,14H,3-7,9,18H2,1-2H3. The van der Waals surface area contributed by atoms with Gasteiger partial charge in [0, 0.05) is 7.05 Å². The molecule has 4 heteroatoms. The van der Waals surface area contributed by atoms with Crippen molar-refractivity contribution in [3.05, 3.63) is 16.9 Å². The van der Waals surface area contributed by atoms with E-state index in [1.807, 2.05) is 11.7 Å². The molecule has 5 rings (SSSR count). The predicted molar refractivity (Wildman–Crippen MR) is 80.4 cm³/mol. The minimum absolute atomic E-state index is 0.0349. The molecule has 1 aromatic rings. The van der Waals surface area contributed by atoms with E-state index in [4.69, 9.17) is 17.3 Å². The molecule has 0 spiro atoms. The highest BCUT2D eigenvalue weighted by Crippen LogP contribution is 2.68.